The molecule has 140 valence electrons. The standard InChI is InChI=1S/C16H15F3N2O3S2/c17-16(18,19)12-3-1-10(2-4-12)7-13-8-20-15(25-13)21-14(22)11-5-6-26(23,24)9-11/h1-4,8,11H,5-7,9H2,(H,20,21,22)/t11-/m1/s1. The third-order valence-corrected chi connectivity index (χ3v) is 6.73. The number of amides is 1. The quantitative estimate of drug-likeness (QED) is 0.850. The van der Waals surface area contributed by atoms with E-state index < -0.39 is 27.5 Å². The van der Waals surface area contributed by atoms with Crippen LogP contribution < -0.4 is 5.32 Å². The molecular formula is C16H15F3N2O3S2. The SMILES string of the molecule is O=C(Nc1ncc(Cc2ccc(C(F)(F)F)cc2)s1)[C@@H]1CCS(=O)(=O)C1. The van der Waals surface area contributed by atoms with Gasteiger partial charge in [0.15, 0.2) is 15.0 Å². The number of alkyl halides is 3. The maximum absolute atomic E-state index is 12.6. The minimum atomic E-state index is -4.37. The lowest BCUT2D eigenvalue weighted by molar-refractivity contribution is -0.137. The van der Waals surface area contributed by atoms with Gasteiger partial charge in [0.1, 0.15) is 0 Å². The number of sulfone groups is 1. The molecular weight excluding hydrogens is 389 g/mol. The molecule has 0 bridgehead atoms. The normalized spacial score (nSPS) is 19.4. The summed E-state index contributed by atoms with van der Waals surface area (Å²) >= 11 is 1.21. The predicted molar refractivity (Wildman–Crippen MR) is 91.8 cm³/mol. The van der Waals surface area contributed by atoms with Crippen molar-refractivity contribution in [2.24, 2.45) is 5.92 Å². The van der Waals surface area contributed by atoms with Crippen molar-refractivity contribution in [3.05, 3.63) is 46.5 Å². The van der Waals surface area contributed by atoms with Crippen LogP contribution in [0.15, 0.2) is 30.5 Å². The van der Waals surface area contributed by atoms with Gasteiger partial charge in [0.05, 0.1) is 23.0 Å². The van der Waals surface area contributed by atoms with Gasteiger partial charge in [-0.25, -0.2) is 13.4 Å². The van der Waals surface area contributed by atoms with Crippen molar-refractivity contribution in [1.82, 2.24) is 4.98 Å². The number of carbonyl (C=O) groups excluding carboxylic acids is 1. The molecule has 0 saturated carbocycles. The number of hydrogen-bond acceptors (Lipinski definition) is 5. The number of nitrogens with one attached hydrogen (secondary N) is 1. The third kappa shape index (κ3) is 4.61. The van der Waals surface area contributed by atoms with Crippen LogP contribution in [-0.2, 0) is 27.2 Å². The molecule has 2 heterocycles. The summed E-state index contributed by atoms with van der Waals surface area (Å²) in [5, 5.41) is 2.96. The van der Waals surface area contributed by atoms with E-state index in [4.69, 9.17) is 0 Å². The second kappa shape index (κ2) is 6.99. The molecule has 1 aromatic heterocycles. The first kappa shape index (κ1) is 18.8. The maximum atomic E-state index is 12.6. The Bertz CT molecular complexity index is 906. The minimum Gasteiger partial charge on any atom is -0.302 e. The summed E-state index contributed by atoms with van der Waals surface area (Å²) in [6.45, 7) is 0. The van der Waals surface area contributed by atoms with Gasteiger partial charge in [-0.1, -0.05) is 12.1 Å². The molecule has 1 N–H and O–H groups in total. The molecule has 1 aliphatic rings. The number of rotatable bonds is 4. The predicted octanol–water partition coefficient (Wildman–Crippen LogP) is 3.13. The molecule has 0 unspecified atom stereocenters. The van der Waals surface area contributed by atoms with Crippen LogP contribution >= 0.6 is 11.3 Å². The van der Waals surface area contributed by atoms with E-state index in [1.165, 1.54) is 23.5 Å². The average Bonchev–Trinajstić information content (AvgIpc) is 3.13. The molecule has 0 radical (unpaired) electrons. The minimum absolute atomic E-state index is 0.0160. The van der Waals surface area contributed by atoms with Gasteiger partial charge in [0.25, 0.3) is 0 Å². The number of aromatic nitrogens is 1. The lowest BCUT2D eigenvalue weighted by Crippen LogP contribution is -2.23. The topological polar surface area (TPSA) is 76.1 Å². The average molecular weight is 404 g/mol. The fourth-order valence-corrected chi connectivity index (χ4v) is 5.26. The molecule has 1 aromatic carbocycles. The van der Waals surface area contributed by atoms with Crippen molar-refractivity contribution in [3.8, 4) is 0 Å². The fraction of sp³-hybridized carbons (Fsp3) is 0.375. The first-order valence-electron chi connectivity index (χ1n) is 7.74. The summed E-state index contributed by atoms with van der Waals surface area (Å²) < 4.78 is 60.5. The summed E-state index contributed by atoms with van der Waals surface area (Å²) in [4.78, 5) is 16.9. The van der Waals surface area contributed by atoms with E-state index in [1.807, 2.05) is 0 Å². The Labute approximate surface area is 152 Å². The van der Waals surface area contributed by atoms with Crippen LogP contribution in [-0.4, -0.2) is 30.8 Å². The van der Waals surface area contributed by atoms with Crippen molar-refractivity contribution >= 4 is 32.2 Å². The Hall–Kier alpha value is -1.94. The fourth-order valence-electron chi connectivity index (χ4n) is 2.67. The zero-order valence-corrected chi connectivity index (χ0v) is 15.0. The molecule has 0 aliphatic carbocycles. The zero-order valence-electron chi connectivity index (χ0n) is 13.4. The van der Waals surface area contributed by atoms with E-state index in [-0.39, 0.29) is 17.4 Å². The van der Waals surface area contributed by atoms with Crippen LogP contribution in [0.5, 0.6) is 0 Å². The molecule has 1 fully saturated rings. The van der Waals surface area contributed by atoms with Crippen molar-refractivity contribution in [2.45, 2.75) is 19.0 Å². The number of hydrogen-bond donors (Lipinski definition) is 1. The second-order valence-corrected chi connectivity index (χ2v) is 9.44. The molecule has 1 amide bonds. The summed E-state index contributed by atoms with van der Waals surface area (Å²) in [6.07, 6.45) is -2.13. The molecule has 2 aromatic rings. The number of carbonyl (C=O) groups is 1. The lowest BCUT2D eigenvalue weighted by atomic mass is 10.1. The summed E-state index contributed by atoms with van der Waals surface area (Å²) in [5.41, 5.74) is -0.00793. The number of nitrogens with zero attached hydrogens (tertiary/aromatic N) is 1. The van der Waals surface area contributed by atoms with Crippen molar-refractivity contribution in [1.29, 1.82) is 0 Å². The first-order valence-corrected chi connectivity index (χ1v) is 10.4. The Morgan fingerprint density at radius 3 is 2.54 bits per heavy atom. The van der Waals surface area contributed by atoms with Crippen molar-refractivity contribution in [2.75, 3.05) is 16.8 Å². The van der Waals surface area contributed by atoms with Gasteiger partial charge in [0.2, 0.25) is 5.91 Å². The molecule has 1 atom stereocenters. The first-order chi connectivity index (χ1) is 12.1. The third-order valence-electron chi connectivity index (χ3n) is 4.05. The maximum Gasteiger partial charge on any atom is 0.416 e. The lowest BCUT2D eigenvalue weighted by Gasteiger charge is -2.07. The highest BCUT2D eigenvalue weighted by Gasteiger charge is 2.33. The van der Waals surface area contributed by atoms with E-state index in [1.54, 1.807) is 6.20 Å². The highest BCUT2D eigenvalue weighted by molar-refractivity contribution is 7.91. The smallest absolute Gasteiger partial charge is 0.302 e. The Balaban J connectivity index is 1.60. The van der Waals surface area contributed by atoms with Gasteiger partial charge in [0, 0.05) is 17.5 Å². The second-order valence-electron chi connectivity index (χ2n) is 6.09. The number of thiazole rings is 1. The van der Waals surface area contributed by atoms with Gasteiger partial charge < -0.3 is 5.32 Å². The Morgan fingerprint density at radius 2 is 1.96 bits per heavy atom. The van der Waals surface area contributed by atoms with Gasteiger partial charge >= 0.3 is 6.18 Å². The largest absolute Gasteiger partial charge is 0.416 e. The van der Waals surface area contributed by atoms with E-state index in [2.05, 4.69) is 10.3 Å². The van der Waals surface area contributed by atoms with Crippen LogP contribution in [0, 0.1) is 5.92 Å². The number of anilines is 1. The molecule has 10 heteroatoms. The molecule has 1 aliphatic heterocycles. The molecule has 26 heavy (non-hydrogen) atoms. The van der Waals surface area contributed by atoms with Crippen LogP contribution in [0.25, 0.3) is 0 Å². The zero-order chi connectivity index (χ0) is 18.9. The van der Waals surface area contributed by atoms with E-state index in [9.17, 15) is 26.4 Å². The molecule has 1 saturated heterocycles. The van der Waals surface area contributed by atoms with Crippen LogP contribution in [0.3, 0.4) is 0 Å². The van der Waals surface area contributed by atoms with E-state index in [0.717, 1.165) is 17.0 Å². The van der Waals surface area contributed by atoms with Crippen LogP contribution in [0.2, 0.25) is 0 Å². The number of halogens is 3. The van der Waals surface area contributed by atoms with Gasteiger partial charge in [-0.3, -0.25) is 4.79 Å². The Kier molecular flexibility index (Phi) is 5.07. The van der Waals surface area contributed by atoms with Gasteiger partial charge in [-0.2, -0.15) is 13.2 Å². The molecule has 0 spiro atoms. The van der Waals surface area contributed by atoms with E-state index >= 15 is 0 Å². The summed E-state index contributed by atoms with van der Waals surface area (Å²) in [5.74, 6) is -1.08. The van der Waals surface area contributed by atoms with Gasteiger partial charge in [-0.05, 0) is 24.1 Å². The van der Waals surface area contributed by atoms with Crippen molar-refractivity contribution in [3.63, 3.8) is 0 Å². The van der Waals surface area contributed by atoms with Crippen molar-refractivity contribution < 1.29 is 26.4 Å². The van der Waals surface area contributed by atoms with Crippen LogP contribution in [0.1, 0.15) is 22.4 Å². The summed E-state index contributed by atoms with van der Waals surface area (Å²) in [7, 11) is -3.14. The van der Waals surface area contributed by atoms with Gasteiger partial charge in [-0.15, -0.1) is 11.3 Å². The molecule has 5 nitrogen and oxygen atoms in total. The van der Waals surface area contributed by atoms with E-state index in [0.29, 0.717) is 23.5 Å². The highest BCUT2D eigenvalue weighted by Crippen LogP contribution is 2.30. The van der Waals surface area contributed by atoms with Crippen LogP contribution in [0.4, 0.5) is 18.3 Å². The summed E-state index contributed by atoms with van der Waals surface area (Å²) in [6, 6.07) is 4.87. The number of benzene rings is 1. The molecule has 3 rings (SSSR count). The Morgan fingerprint density at radius 1 is 1.27 bits per heavy atom. The highest BCUT2D eigenvalue weighted by atomic mass is 32.2. The monoisotopic (exact) mass is 404 g/mol.